The number of ether oxygens (including phenoxy) is 2. The number of hydrogen-bond acceptors (Lipinski definition) is 5. The van der Waals surface area contributed by atoms with Crippen molar-refractivity contribution in [1.82, 2.24) is 10.2 Å². The Morgan fingerprint density at radius 1 is 1.16 bits per heavy atom. The van der Waals surface area contributed by atoms with Crippen LogP contribution in [0.25, 0.3) is 0 Å². The molecule has 0 radical (unpaired) electrons. The number of likely N-dealkylation sites (tertiary alicyclic amines) is 1. The topological polar surface area (TPSA) is 97.0 Å². The number of anilines is 1. The Morgan fingerprint density at radius 3 is 2.59 bits per heavy atom. The molecule has 0 unspecified atom stereocenters. The molecular weight excluding hydrogens is 494 g/mol. The van der Waals surface area contributed by atoms with Crippen LogP contribution in [0, 0.1) is 11.8 Å². The molecule has 1 aromatic carbocycles. The van der Waals surface area contributed by atoms with Crippen molar-refractivity contribution in [2.45, 2.75) is 82.3 Å². The van der Waals surface area contributed by atoms with E-state index in [0.717, 1.165) is 25.7 Å². The molecule has 1 aliphatic carbocycles. The number of benzene rings is 1. The van der Waals surface area contributed by atoms with Gasteiger partial charge in [-0.3, -0.25) is 14.4 Å². The fourth-order valence-corrected chi connectivity index (χ4v) is 6.47. The maximum absolute atomic E-state index is 13.9. The van der Waals surface area contributed by atoms with Gasteiger partial charge in [0, 0.05) is 29.9 Å². The molecule has 1 spiro atoms. The molecular formula is C28H36ClN3O5. The highest BCUT2D eigenvalue weighted by atomic mass is 35.5. The van der Waals surface area contributed by atoms with E-state index in [1.54, 1.807) is 29.2 Å². The molecule has 0 aromatic heterocycles. The number of nitrogens with zero attached hydrogens (tertiary/aromatic N) is 1. The summed E-state index contributed by atoms with van der Waals surface area (Å²) in [7, 11) is 0. The van der Waals surface area contributed by atoms with Crippen molar-refractivity contribution in [2.24, 2.45) is 11.8 Å². The maximum atomic E-state index is 13.9. The van der Waals surface area contributed by atoms with Gasteiger partial charge in [0.05, 0.1) is 24.0 Å². The number of hydrogen-bond donors (Lipinski definition) is 2. The Hall–Kier alpha value is -2.42. The van der Waals surface area contributed by atoms with Gasteiger partial charge in [0.25, 0.3) is 0 Å². The lowest BCUT2D eigenvalue weighted by molar-refractivity contribution is -0.141. The molecule has 2 N–H and O–H groups in total. The lowest BCUT2D eigenvalue weighted by Gasteiger charge is -2.34. The van der Waals surface area contributed by atoms with Crippen LogP contribution in [-0.4, -0.2) is 65.7 Å². The zero-order valence-corrected chi connectivity index (χ0v) is 22.2. The van der Waals surface area contributed by atoms with Crippen molar-refractivity contribution in [3.63, 3.8) is 0 Å². The van der Waals surface area contributed by atoms with E-state index >= 15 is 0 Å². The van der Waals surface area contributed by atoms with Gasteiger partial charge in [-0.05, 0) is 57.4 Å². The number of amides is 3. The molecule has 3 heterocycles. The summed E-state index contributed by atoms with van der Waals surface area (Å²) in [6.07, 6.45) is 9.04. The molecule has 3 fully saturated rings. The number of carbonyl (C=O) groups excluding carboxylic acids is 3. The van der Waals surface area contributed by atoms with Gasteiger partial charge >= 0.3 is 0 Å². The molecule has 5 rings (SSSR count). The first-order chi connectivity index (χ1) is 17.8. The molecule has 3 amide bonds. The van der Waals surface area contributed by atoms with E-state index in [1.807, 2.05) is 26.0 Å². The number of halogens is 1. The average Bonchev–Trinajstić information content (AvgIpc) is 3.51. The van der Waals surface area contributed by atoms with Crippen LogP contribution in [0.5, 0.6) is 0 Å². The van der Waals surface area contributed by atoms with E-state index in [2.05, 4.69) is 10.6 Å². The number of nitrogens with one attached hydrogen (secondary N) is 2. The van der Waals surface area contributed by atoms with Gasteiger partial charge in [-0.25, -0.2) is 0 Å². The SMILES string of the molecule is CC(C)OCCCN1C(=O)[C@H]2[C@@H](C(=O)Nc3ccc(Cl)cc3)[C@H]3C=C[C@@]2(O3)[C@H]1C(=O)NC1CCCCC1. The summed E-state index contributed by atoms with van der Waals surface area (Å²) in [5.74, 6) is -2.20. The third-order valence-corrected chi connectivity index (χ3v) is 8.23. The molecule has 1 aromatic rings. The van der Waals surface area contributed by atoms with E-state index in [-0.39, 0.29) is 29.9 Å². The van der Waals surface area contributed by atoms with E-state index in [4.69, 9.17) is 21.1 Å². The Labute approximate surface area is 223 Å². The lowest BCUT2D eigenvalue weighted by atomic mass is 9.74. The number of carbonyl (C=O) groups is 3. The van der Waals surface area contributed by atoms with Gasteiger partial charge in [-0.2, -0.15) is 0 Å². The zero-order valence-electron chi connectivity index (χ0n) is 21.5. The smallest absolute Gasteiger partial charge is 0.246 e. The molecule has 2 saturated heterocycles. The second-order valence-electron chi connectivity index (χ2n) is 10.8. The highest BCUT2D eigenvalue weighted by Crippen LogP contribution is 2.55. The minimum absolute atomic E-state index is 0.0838. The molecule has 9 heteroatoms. The van der Waals surface area contributed by atoms with Crippen molar-refractivity contribution in [2.75, 3.05) is 18.5 Å². The normalized spacial score (nSPS) is 30.7. The largest absolute Gasteiger partial charge is 0.379 e. The summed E-state index contributed by atoms with van der Waals surface area (Å²) in [5, 5.41) is 6.69. The van der Waals surface area contributed by atoms with Crippen LogP contribution in [0.3, 0.4) is 0 Å². The summed E-state index contributed by atoms with van der Waals surface area (Å²) in [6, 6.07) is 6.12. The third kappa shape index (κ3) is 5.03. The Kier molecular flexibility index (Phi) is 7.61. The van der Waals surface area contributed by atoms with Gasteiger partial charge in [0.2, 0.25) is 17.7 Å². The monoisotopic (exact) mass is 529 g/mol. The summed E-state index contributed by atoms with van der Waals surface area (Å²) >= 11 is 5.98. The molecule has 1 saturated carbocycles. The fraction of sp³-hybridized carbons (Fsp3) is 0.607. The Morgan fingerprint density at radius 2 is 1.89 bits per heavy atom. The molecule has 8 nitrogen and oxygen atoms in total. The predicted octanol–water partition coefficient (Wildman–Crippen LogP) is 3.69. The van der Waals surface area contributed by atoms with Gasteiger partial charge in [-0.15, -0.1) is 0 Å². The van der Waals surface area contributed by atoms with Gasteiger partial charge < -0.3 is 25.0 Å². The highest BCUT2D eigenvalue weighted by molar-refractivity contribution is 6.30. The van der Waals surface area contributed by atoms with Crippen molar-refractivity contribution in [1.29, 1.82) is 0 Å². The fourth-order valence-electron chi connectivity index (χ4n) is 6.35. The quantitative estimate of drug-likeness (QED) is 0.375. The van der Waals surface area contributed by atoms with E-state index in [9.17, 15) is 14.4 Å². The van der Waals surface area contributed by atoms with Crippen molar-refractivity contribution >= 4 is 35.0 Å². The number of fused-ring (bicyclic) bond motifs is 1. The van der Waals surface area contributed by atoms with Crippen LogP contribution < -0.4 is 10.6 Å². The predicted molar refractivity (Wildman–Crippen MR) is 140 cm³/mol. The van der Waals surface area contributed by atoms with Crippen LogP contribution in [0.2, 0.25) is 5.02 Å². The second kappa shape index (κ2) is 10.8. The van der Waals surface area contributed by atoms with Crippen LogP contribution in [0.1, 0.15) is 52.4 Å². The molecule has 200 valence electrons. The van der Waals surface area contributed by atoms with E-state index < -0.39 is 29.6 Å². The molecule has 4 aliphatic rings. The van der Waals surface area contributed by atoms with Crippen LogP contribution >= 0.6 is 11.6 Å². The summed E-state index contributed by atoms with van der Waals surface area (Å²) in [4.78, 5) is 42.8. The minimum Gasteiger partial charge on any atom is -0.379 e. The van der Waals surface area contributed by atoms with E-state index in [0.29, 0.717) is 30.3 Å². The molecule has 5 atom stereocenters. The number of rotatable bonds is 9. The molecule has 37 heavy (non-hydrogen) atoms. The van der Waals surface area contributed by atoms with Crippen molar-refractivity contribution < 1.29 is 23.9 Å². The zero-order chi connectivity index (χ0) is 26.2. The summed E-state index contributed by atoms with van der Waals surface area (Å²) in [5.41, 5.74) is -0.559. The van der Waals surface area contributed by atoms with Crippen LogP contribution in [0.15, 0.2) is 36.4 Å². The third-order valence-electron chi connectivity index (χ3n) is 7.98. The van der Waals surface area contributed by atoms with Crippen molar-refractivity contribution in [3.05, 3.63) is 41.4 Å². The van der Waals surface area contributed by atoms with Crippen molar-refractivity contribution in [3.8, 4) is 0 Å². The van der Waals surface area contributed by atoms with Gasteiger partial charge in [0.1, 0.15) is 11.6 Å². The standard InChI is InChI=1S/C28H36ClN3O5/c1-17(2)36-16-6-15-32-24(26(34)31-19-7-4-3-5-8-19)28-14-13-21(37-28)22(23(28)27(32)35)25(33)30-20-11-9-18(29)10-12-20/h9-14,17,19,21-24H,3-8,15-16H2,1-2H3,(H,30,33)(H,31,34)/t21-,22+,23-,24-,28+/m1/s1. The van der Waals surface area contributed by atoms with Crippen LogP contribution in [0.4, 0.5) is 5.69 Å². The lowest BCUT2D eigenvalue weighted by Crippen LogP contribution is -2.56. The van der Waals surface area contributed by atoms with Crippen LogP contribution in [-0.2, 0) is 23.9 Å². The minimum atomic E-state index is -1.15. The second-order valence-corrected chi connectivity index (χ2v) is 11.3. The van der Waals surface area contributed by atoms with E-state index in [1.165, 1.54) is 6.42 Å². The Bertz CT molecular complexity index is 1050. The first-order valence-corrected chi connectivity index (χ1v) is 13.8. The molecule has 2 bridgehead atoms. The van der Waals surface area contributed by atoms with Gasteiger partial charge in [-0.1, -0.05) is 43.0 Å². The average molecular weight is 530 g/mol. The summed E-state index contributed by atoms with van der Waals surface area (Å²) < 4.78 is 12.1. The maximum Gasteiger partial charge on any atom is 0.246 e. The molecule has 3 aliphatic heterocycles. The first kappa shape index (κ1) is 26.2. The highest BCUT2D eigenvalue weighted by Gasteiger charge is 2.72. The van der Waals surface area contributed by atoms with Gasteiger partial charge in [0.15, 0.2) is 0 Å². The Balaban J connectivity index is 1.39. The summed E-state index contributed by atoms with van der Waals surface area (Å²) in [6.45, 7) is 4.77. The first-order valence-electron chi connectivity index (χ1n) is 13.5.